The molecule has 0 bridgehead atoms. The number of rotatable bonds is 5. The Morgan fingerprint density at radius 2 is 2.19 bits per heavy atom. The molecule has 1 amide bonds. The predicted molar refractivity (Wildman–Crippen MR) is 102 cm³/mol. The van der Waals surface area contributed by atoms with Crippen LogP contribution in [0.15, 0.2) is 37.6 Å². The van der Waals surface area contributed by atoms with Gasteiger partial charge in [-0.15, -0.1) is 16.4 Å². The van der Waals surface area contributed by atoms with E-state index in [9.17, 15) is 13.2 Å². The summed E-state index contributed by atoms with van der Waals surface area (Å²) in [4.78, 5) is 12.6. The van der Waals surface area contributed by atoms with Crippen LogP contribution in [0.25, 0.3) is 11.5 Å². The van der Waals surface area contributed by atoms with Crippen molar-refractivity contribution in [3.63, 3.8) is 0 Å². The molecule has 3 aromatic heterocycles. The topological polar surface area (TPSA) is 105 Å². The third-order valence-corrected chi connectivity index (χ3v) is 8.33. The van der Waals surface area contributed by atoms with E-state index in [1.165, 1.54) is 27.8 Å². The lowest BCUT2D eigenvalue weighted by molar-refractivity contribution is -0.119. The number of sulfonamides is 1. The molecule has 1 aliphatic rings. The van der Waals surface area contributed by atoms with Crippen molar-refractivity contribution in [2.24, 2.45) is 0 Å². The van der Waals surface area contributed by atoms with Crippen molar-refractivity contribution in [2.75, 3.05) is 11.9 Å². The van der Waals surface area contributed by atoms with Crippen LogP contribution in [0.3, 0.4) is 0 Å². The summed E-state index contributed by atoms with van der Waals surface area (Å²) in [5, 5.41) is 13.9. The number of carbonyl (C=O) groups is 1. The van der Waals surface area contributed by atoms with Crippen molar-refractivity contribution in [1.82, 2.24) is 14.5 Å². The average Bonchev–Trinajstić information content (AvgIpc) is 3.40. The van der Waals surface area contributed by atoms with Crippen molar-refractivity contribution in [3.8, 4) is 11.5 Å². The fraction of sp³-hybridized carbons (Fsp3) is 0.267. The van der Waals surface area contributed by atoms with Crippen molar-refractivity contribution in [1.29, 1.82) is 0 Å². The fourth-order valence-electron chi connectivity index (χ4n) is 2.81. The third kappa shape index (κ3) is 3.65. The molecular weight excluding hydrogens is 432 g/mol. The van der Waals surface area contributed by atoms with Gasteiger partial charge in [-0.25, -0.2) is 8.42 Å². The quantitative estimate of drug-likeness (QED) is 0.647. The first kappa shape index (κ1) is 18.6. The third-order valence-electron chi connectivity index (χ3n) is 4.04. The van der Waals surface area contributed by atoms with Gasteiger partial charge in [0.2, 0.25) is 5.91 Å². The van der Waals surface area contributed by atoms with Crippen LogP contribution in [0.2, 0.25) is 4.34 Å². The van der Waals surface area contributed by atoms with Crippen molar-refractivity contribution in [2.45, 2.75) is 23.1 Å². The first-order valence-corrected chi connectivity index (χ1v) is 11.5. The summed E-state index contributed by atoms with van der Waals surface area (Å²) in [5.41, 5.74) is 0.757. The Balaban J connectivity index is 1.51. The van der Waals surface area contributed by atoms with Gasteiger partial charge in [0.05, 0.1) is 4.34 Å². The van der Waals surface area contributed by atoms with Crippen molar-refractivity contribution in [3.05, 3.63) is 33.3 Å². The molecule has 0 aromatic carbocycles. The number of aromatic nitrogens is 2. The number of carbonyl (C=O) groups excluding carboxylic acids is 1. The van der Waals surface area contributed by atoms with Gasteiger partial charge in [-0.1, -0.05) is 16.7 Å². The Bertz CT molecular complexity index is 1060. The second kappa shape index (κ2) is 7.32. The van der Waals surface area contributed by atoms with Crippen LogP contribution in [0.4, 0.5) is 6.01 Å². The van der Waals surface area contributed by atoms with E-state index < -0.39 is 22.0 Å². The second-order valence-electron chi connectivity index (χ2n) is 5.75. The van der Waals surface area contributed by atoms with Crippen molar-refractivity contribution >= 4 is 56.2 Å². The molecule has 1 N–H and O–H groups in total. The lowest BCUT2D eigenvalue weighted by Gasteiger charge is -2.21. The van der Waals surface area contributed by atoms with E-state index in [0.29, 0.717) is 17.2 Å². The van der Waals surface area contributed by atoms with Crippen LogP contribution in [0, 0.1) is 0 Å². The van der Waals surface area contributed by atoms with Gasteiger partial charge in [-0.2, -0.15) is 15.6 Å². The molecule has 3 aromatic rings. The van der Waals surface area contributed by atoms with Crippen LogP contribution < -0.4 is 5.32 Å². The zero-order valence-electron chi connectivity index (χ0n) is 13.7. The lowest BCUT2D eigenvalue weighted by atomic mass is 10.2. The summed E-state index contributed by atoms with van der Waals surface area (Å²) in [5.74, 6) is -0.213. The SMILES string of the molecule is O=C(Nc1nnc(-c2ccsc2)o1)C1CCCN1S(=O)(=O)c1ccc(Cl)s1. The summed E-state index contributed by atoms with van der Waals surface area (Å²) in [6.45, 7) is 0.264. The number of nitrogens with one attached hydrogen (secondary N) is 1. The van der Waals surface area contributed by atoms with Gasteiger partial charge in [0, 0.05) is 17.5 Å². The molecule has 1 aliphatic heterocycles. The van der Waals surface area contributed by atoms with Gasteiger partial charge >= 0.3 is 6.01 Å². The molecule has 4 rings (SSSR count). The van der Waals surface area contributed by atoms with E-state index in [-0.39, 0.29) is 22.7 Å². The van der Waals surface area contributed by atoms with Gasteiger partial charge in [0.15, 0.2) is 0 Å². The van der Waals surface area contributed by atoms with Crippen LogP contribution in [0.5, 0.6) is 0 Å². The standard InChI is InChI=1S/C15H13ClN4O4S3/c16-11-3-4-12(26-11)27(22,23)20-6-1-2-10(20)13(21)17-15-19-18-14(24-15)9-5-7-25-8-9/h3-5,7-8,10H,1-2,6H2,(H,17,19,21). The summed E-state index contributed by atoms with van der Waals surface area (Å²) in [7, 11) is -3.79. The van der Waals surface area contributed by atoms with E-state index in [2.05, 4.69) is 15.5 Å². The highest BCUT2D eigenvalue weighted by molar-refractivity contribution is 7.91. The Morgan fingerprint density at radius 3 is 2.89 bits per heavy atom. The Kier molecular flexibility index (Phi) is 5.03. The summed E-state index contributed by atoms with van der Waals surface area (Å²) >= 11 is 8.30. The predicted octanol–water partition coefficient (Wildman–Crippen LogP) is 3.30. The monoisotopic (exact) mass is 444 g/mol. The maximum atomic E-state index is 12.8. The smallest absolute Gasteiger partial charge is 0.322 e. The first-order valence-electron chi connectivity index (χ1n) is 7.89. The Labute approximate surface area is 167 Å². The zero-order valence-corrected chi connectivity index (χ0v) is 16.9. The molecule has 12 heteroatoms. The molecule has 0 saturated carbocycles. The van der Waals surface area contributed by atoms with Crippen LogP contribution in [0.1, 0.15) is 12.8 Å². The van der Waals surface area contributed by atoms with E-state index in [4.69, 9.17) is 16.0 Å². The normalized spacial score (nSPS) is 18.0. The molecule has 4 heterocycles. The first-order chi connectivity index (χ1) is 12.9. The van der Waals surface area contributed by atoms with Gasteiger partial charge in [-0.3, -0.25) is 10.1 Å². The number of hydrogen-bond donors (Lipinski definition) is 1. The molecule has 1 atom stereocenters. The van der Waals surface area contributed by atoms with Crippen molar-refractivity contribution < 1.29 is 17.6 Å². The molecule has 142 valence electrons. The maximum absolute atomic E-state index is 12.8. The highest BCUT2D eigenvalue weighted by Gasteiger charge is 2.40. The molecule has 1 unspecified atom stereocenters. The van der Waals surface area contributed by atoms with Crippen LogP contribution in [-0.2, 0) is 14.8 Å². The number of nitrogens with zero attached hydrogens (tertiary/aromatic N) is 3. The maximum Gasteiger partial charge on any atom is 0.322 e. The van der Waals surface area contributed by atoms with Gasteiger partial charge in [-0.05, 0) is 36.4 Å². The summed E-state index contributed by atoms with van der Waals surface area (Å²) < 4.78 is 32.8. The molecule has 8 nitrogen and oxygen atoms in total. The minimum absolute atomic E-state index is 0.0652. The Hall–Kier alpha value is -1.79. The minimum Gasteiger partial charge on any atom is -0.403 e. The van der Waals surface area contributed by atoms with E-state index >= 15 is 0 Å². The zero-order chi connectivity index (χ0) is 19.0. The molecule has 27 heavy (non-hydrogen) atoms. The largest absolute Gasteiger partial charge is 0.403 e. The highest BCUT2D eigenvalue weighted by atomic mass is 35.5. The number of anilines is 1. The molecular formula is C15H13ClN4O4S3. The van der Waals surface area contributed by atoms with Crippen LogP contribution >= 0.6 is 34.3 Å². The molecule has 0 spiro atoms. The molecule has 0 aliphatic carbocycles. The highest BCUT2D eigenvalue weighted by Crippen LogP contribution is 2.32. The number of hydrogen-bond acceptors (Lipinski definition) is 8. The second-order valence-corrected chi connectivity index (χ2v) is 10.4. The number of thiophene rings is 2. The number of amides is 1. The molecule has 1 fully saturated rings. The van der Waals surface area contributed by atoms with E-state index in [1.54, 1.807) is 0 Å². The van der Waals surface area contributed by atoms with Gasteiger partial charge in [0.1, 0.15) is 10.3 Å². The van der Waals surface area contributed by atoms with Gasteiger partial charge in [0.25, 0.3) is 15.9 Å². The lowest BCUT2D eigenvalue weighted by Crippen LogP contribution is -2.42. The van der Waals surface area contributed by atoms with E-state index in [1.807, 2.05) is 16.8 Å². The summed E-state index contributed by atoms with van der Waals surface area (Å²) in [6, 6.07) is 3.88. The Morgan fingerprint density at radius 1 is 1.33 bits per heavy atom. The van der Waals surface area contributed by atoms with E-state index in [0.717, 1.165) is 16.9 Å². The van der Waals surface area contributed by atoms with Crippen LogP contribution in [-0.4, -0.2) is 41.4 Å². The minimum atomic E-state index is -3.79. The number of halogens is 1. The summed E-state index contributed by atoms with van der Waals surface area (Å²) in [6.07, 6.45) is 0.996. The molecule has 0 radical (unpaired) electrons. The molecule has 1 saturated heterocycles. The average molecular weight is 445 g/mol. The fourth-order valence-corrected chi connectivity index (χ4v) is 6.71. The van der Waals surface area contributed by atoms with Gasteiger partial charge < -0.3 is 4.42 Å².